The van der Waals surface area contributed by atoms with Gasteiger partial charge in [-0.1, -0.05) is 17.3 Å². The number of rotatable bonds is 6. The Morgan fingerprint density at radius 1 is 0.976 bits per heavy atom. The zero-order valence-corrected chi connectivity index (χ0v) is 22.1. The van der Waals surface area contributed by atoms with Crippen molar-refractivity contribution >= 4 is 27.9 Å². The smallest absolute Gasteiger partial charge is 0.222 e. The van der Waals surface area contributed by atoms with Crippen molar-refractivity contribution in [3.63, 3.8) is 0 Å². The number of pyridine rings is 1. The fourth-order valence-corrected chi connectivity index (χ4v) is 4.74. The van der Waals surface area contributed by atoms with Crippen molar-refractivity contribution in [1.29, 1.82) is 0 Å². The molecule has 0 fully saturated rings. The predicted octanol–water partition coefficient (Wildman–Crippen LogP) is 5.62. The maximum atomic E-state index is 10.3. The fraction of sp³-hybridized carbons (Fsp3) is 0.100. The number of ether oxygens (including phenoxy) is 1. The van der Waals surface area contributed by atoms with Crippen LogP contribution in [0.4, 0.5) is 5.95 Å². The zero-order valence-electron chi connectivity index (χ0n) is 22.1. The molecule has 7 rings (SSSR count). The first-order valence-corrected chi connectivity index (χ1v) is 12.9. The van der Waals surface area contributed by atoms with Gasteiger partial charge in [0.15, 0.2) is 11.6 Å². The van der Waals surface area contributed by atoms with E-state index in [4.69, 9.17) is 14.9 Å². The summed E-state index contributed by atoms with van der Waals surface area (Å²) in [5.41, 5.74) is 9.97. The lowest BCUT2D eigenvalue weighted by Gasteiger charge is -2.17. The van der Waals surface area contributed by atoms with Crippen molar-refractivity contribution in [3.8, 4) is 40.0 Å². The van der Waals surface area contributed by atoms with E-state index < -0.39 is 5.60 Å². The molecule has 0 saturated heterocycles. The minimum Gasteiger partial charge on any atom is -0.463 e. The van der Waals surface area contributed by atoms with Crippen molar-refractivity contribution < 1.29 is 14.3 Å². The number of anilines is 1. The van der Waals surface area contributed by atoms with Gasteiger partial charge in [-0.25, -0.2) is 9.97 Å². The molecule has 5 aromatic heterocycles. The highest BCUT2D eigenvalue weighted by Crippen LogP contribution is 2.38. The fourth-order valence-electron chi connectivity index (χ4n) is 4.74. The van der Waals surface area contributed by atoms with Crippen LogP contribution >= 0.6 is 0 Å². The van der Waals surface area contributed by atoms with Crippen LogP contribution in [-0.2, 0) is 5.60 Å². The van der Waals surface area contributed by atoms with E-state index in [1.54, 1.807) is 61.2 Å². The van der Waals surface area contributed by atoms with Gasteiger partial charge in [-0.3, -0.25) is 0 Å². The molecule has 2 aromatic carbocycles. The van der Waals surface area contributed by atoms with Crippen LogP contribution in [0.15, 0.2) is 89.7 Å². The first-order valence-electron chi connectivity index (χ1n) is 12.9. The van der Waals surface area contributed by atoms with Crippen LogP contribution in [0.2, 0.25) is 0 Å². The van der Waals surface area contributed by atoms with E-state index in [1.165, 1.54) is 0 Å². The lowest BCUT2D eigenvalue weighted by atomic mass is 10.0. The SMILES string of the molecule is CC(C)(O)c1cccc(Oc2ccc3c(c2)nnn3-c2nc(N)nc(-c3ccco3)c2-c2ccc3[nH]ccc3c2)n1. The predicted molar refractivity (Wildman–Crippen MR) is 153 cm³/mol. The van der Waals surface area contributed by atoms with Crippen molar-refractivity contribution in [1.82, 2.24) is 34.9 Å². The molecule has 41 heavy (non-hydrogen) atoms. The standard InChI is InChI=1S/C30H24N8O3/c1-30(2,39)24-6-3-7-25(33-24)41-19-9-11-22-21(16-19)36-37-38(22)28-26(18-8-10-20-17(15-18)12-13-32-20)27(34-29(31)35-28)23-5-4-14-40-23/h3-16,32,39H,1-2H3,(H2,31,34,35). The topological polar surface area (TPSA) is 154 Å². The van der Waals surface area contributed by atoms with E-state index >= 15 is 0 Å². The van der Waals surface area contributed by atoms with Gasteiger partial charge in [-0.2, -0.15) is 9.67 Å². The third-order valence-corrected chi connectivity index (χ3v) is 6.69. The Morgan fingerprint density at radius 3 is 2.71 bits per heavy atom. The third kappa shape index (κ3) is 4.43. The van der Waals surface area contributed by atoms with Gasteiger partial charge in [0.05, 0.1) is 23.0 Å². The van der Waals surface area contributed by atoms with Crippen LogP contribution in [0.5, 0.6) is 11.6 Å². The number of benzene rings is 2. The average molecular weight is 545 g/mol. The summed E-state index contributed by atoms with van der Waals surface area (Å²) in [5, 5.41) is 20.2. The molecule has 0 saturated carbocycles. The summed E-state index contributed by atoms with van der Waals surface area (Å²) >= 11 is 0. The van der Waals surface area contributed by atoms with Gasteiger partial charge in [-0.15, -0.1) is 5.10 Å². The molecule has 7 aromatic rings. The molecule has 0 aliphatic rings. The summed E-state index contributed by atoms with van der Waals surface area (Å²) < 4.78 is 13.4. The Balaban J connectivity index is 1.35. The number of aromatic nitrogens is 7. The van der Waals surface area contributed by atoms with Crippen LogP contribution in [-0.4, -0.2) is 40.0 Å². The summed E-state index contributed by atoms with van der Waals surface area (Å²) in [6.45, 7) is 3.34. The number of nitrogens with zero attached hydrogens (tertiary/aromatic N) is 6. The van der Waals surface area contributed by atoms with Crippen LogP contribution in [0.1, 0.15) is 19.5 Å². The number of nitrogens with one attached hydrogen (secondary N) is 1. The summed E-state index contributed by atoms with van der Waals surface area (Å²) in [6.07, 6.45) is 3.48. The van der Waals surface area contributed by atoms with Crippen molar-refractivity contribution in [3.05, 3.63) is 91.0 Å². The molecule has 4 N–H and O–H groups in total. The van der Waals surface area contributed by atoms with E-state index in [9.17, 15) is 5.11 Å². The number of H-pyrrole nitrogens is 1. The molecule has 0 amide bonds. The van der Waals surface area contributed by atoms with Crippen molar-refractivity contribution in [2.24, 2.45) is 0 Å². The molecular formula is C30H24N8O3. The van der Waals surface area contributed by atoms with Crippen LogP contribution in [0.25, 0.3) is 50.3 Å². The molecular weight excluding hydrogens is 520 g/mol. The van der Waals surface area contributed by atoms with Crippen molar-refractivity contribution in [2.45, 2.75) is 19.4 Å². The second kappa shape index (κ2) is 9.28. The Labute approximate surface area is 233 Å². The third-order valence-electron chi connectivity index (χ3n) is 6.69. The summed E-state index contributed by atoms with van der Waals surface area (Å²) in [4.78, 5) is 16.8. The molecule has 0 atom stereocenters. The molecule has 0 unspecified atom stereocenters. The molecule has 0 radical (unpaired) electrons. The maximum Gasteiger partial charge on any atom is 0.222 e. The van der Waals surface area contributed by atoms with Gasteiger partial charge in [0, 0.05) is 23.8 Å². The Kier molecular flexibility index (Phi) is 5.54. The van der Waals surface area contributed by atoms with E-state index in [0.717, 1.165) is 16.5 Å². The van der Waals surface area contributed by atoms with Gasteiger partial charge < -0.3 is 25.0 Å². The van der Waals surface area contributed by atoms with E-state index in [-0.39, 0.29) is 5.95 Å². The molecule has 11 nitrogen and oxygen atoms in total. The van der Waals surface area contributed by atoms with Gasteiger partial charge in [-0.05, 0) is 73.3 Å². The largest absolute Gasteiger partial charge is 0.463 e. The van der Waals surface area contributed by atoms with E-state index in [2.05, 4.69) is 36.3 Å². The van der Waals surface area contributed by atoms with Crippen LogP contribution in [0.3, 0.4) is 0 Å². The van der Waals surface area contributed by atoms with Gasteiger partial charge in [0.1, 0.15) is 22.6 Å². The summed E-state index contributed by atoms with van der Waals surface area (Å²) in [6, 6.07) is 22.3. The molecule has 0 bridgehead atoms. The number of nitrogen functional groups attached to an aromatic ring is 1. The van der Waals surface area contributed by atoms with Gasteiger partial charge >= 0.3 is 0 Å². The molecule has 11 heteroatoms. The molecule has 0 aliphatic heterocycles. The first-order chi connectivity index (χ1) is 19.8. The monoisotopic (exact) mass is 544 g/mol. The summed E-state index contributed by atoms with van der Waals surface area (Å²) in [7, 11) is 0. The minimum atomic E-state index is -1.09. The van der Waals surface area contributed by atoms with Crippen LogP contribution in [0, 0.1) is 0 Å². The second-order valence-electron chi connectivity index (χ2n) is 10.1. The Hall–Kier alpha value is -5.55. The summed E-state index contributed by atoms with van der Waals surface area (Å²) in [5.74, 6) is 1.94. The molecule has 5 heterocycles. The van der Waals surface area contributed by atoms with E-state index in [1.807, 2.05) is 36.5 Å². The highest BCUT2D eigenvalue weighted by molar-refractivity contribution is 5.92. The lowest BCUT2D eigenvalue weighted by Crippen LogP contribution is -2.17. The molecule has 0 spiro atoms. The minimum absolute atomic E-state index is 0.0687. The lowest BCUT2D eigenvalue weighted by molar-refractivity contribution is 0.0733. The van der Waals surface area contributed by atoms with Crippen molar-refractivity contribution in [2.75, 3.05) is 5.73 Å². The van der Waals surface area contributed by atoms with Gasteiger partial charge in [0.25, 0.3) is 0 Å². The van der Waals surface area contributed by atoms with Crippen LogP contribution < -0.4 is 10.5 Å². The Morgan fingerprint density at radius 2 is 1.88 bits per heavy atom. The highest BCUT2D eigenvalue weighted by Gasteiger charge is 2.23. The van der Waals surface area contributed by atoms with Gasteiger partial charge in [0.2, 0.25) is 11.8 Å². The number of fused-ring (bicyclic) bond motifs is 2. The Bertz CT molecular complexity index is 2040. The van der Waals surface area contributed by atoms with E-state index in [0.29, 0.717) is 51.2 Å². The molecule has 202 valence electrons. The number of furan rings is 1. The first kappa shape index (κ1) is 24.5. The highest BCUT2D eigenvalue weighted by atomic mass is 16.5. The normalized spacial score (nSPS) is 11.9. The number of hydrogen-bond acceptors (Lipinski definition) is 9. The number of hydrogen-bond donors (Lipinski definition) is 3. The quantitative estimate of drug-likeness (QED) is 0.242. The average Bonchev–Trinajstić information content (AvgIpc) is 3.73. The number of aliphatic hydroxyl groups is 1. The zero-order chi connectivity index (χ0) is 28.1. The maximum absolute atomic E-state index is 10.3. The number of aromatic amines is 1. The number of nitrogens with two attached hydrogens (primary N) is 1. The molecule has 0 aliphatic carbocycles. The second-order valence-corrected chi connectivity index (χ2v) is 10.1.